The molecule has 126 valence electrons. The van der Waals surface area contributed by atoms with Crippen LogP contribution in [0.3, 0.4) is 0 Å². The molecule has 0 fully saturated rings. The molecular formula is C20H17NO4. The lowest BCUT2D eigenvalue weighted by molar-refractivity contribution is 0.0827. The van der Waals surface area contributed by atoms with Gasteiger partial charge in [-0.25, -0.2) is 0 Å². The summed E-state index contributed by atoms with van der Waals surface area (Å²) < 4.78 is 11.0. The Labute approximate surface area is 144 Å². The highest BCUT2D eigenvalue weighted by atomic mass is 16.6. The predicted molar refractivity (Wildman–Crippen MR) is 91.6 cm³/mol. The lowest BCUT2D eigenvalue weighted by Gasteiger charge is -2.17. The van der Waals surface area contributed by atoms with E-state index in [0.717, 1.165) is 11.1 Å². The second-order valence-electron chi connectivity index (χ2n) is 5.96. The fourth-order valence-corrected chi connectivity index (χ4v) is 3.06. The van der Waals surface area contributed by atoms with Gasteiger partial charge < -0.3 is 19.6 Å². The molecule has 1 amide bonds. The van der Waals surface area contributed by atoms with E-state index in [1.165, 1.54) is 0 Å². The average Bonchev–Trinajstić information content (AvgIpc) is 3.21. The number of carbonyl (C=O) groups is 1. The molecule has 5 nitrogen and oxygen atoms in total. The van der Waals surface area contributed by atoms with Crippen molar-refractivity contribution < 1.29 is 19.1 Å². The van der Waals surface area contributed by atoms with Gasteiger partial charge in [0.25, 0.3) is 11.9 Å². The standard InChI is InChI=1S/C20H17NO4/c22-16-12-13-6-4-5-9-15(13)19(16)21-20(23)17-10-11-18(25-17)24-14-7-2-1-3-8-14/h1-11,16,19,22H,12H2,(H,21,23). The Hall–Kier alpha value is -3.05. The van der Waals surface area contributed by atoms with Gasteiger partial charge in [0, 0.05) is 12.5 Å². The number of hydrogen-bond donors (Lipinski definition) is 2. The lowest BCUT2D eigenvalue weighted by Crippen LogP contribution is -2.33. The first-order valence-corrected chi connectivity index (χ1v) is 8.10. The molecule has 1 heterocycles. The van der Waals surface area contributed by atoms with Crippen LogP contribution in [0.2, 0.25) is 0 Å². The van der Waals surface area contributed by atoms with Crippen LogP contribution in [0, 0.1) is 0 Å². The summed E-state index contributed by atoms with van der Waals surface area (Å²) in [6.45, 7) is 0. The molecular weight excluding hydrogens is 318 g/mol. The summed E-state index contributed by atoms with van der Waals surface area (Å²) >= 11 is 0. The smallest absolute Gasteiger partial charge is 0.290 e. The highest BCUT2D eigenvalue weighted by molar-refractivity contribution is 5.92. The molecule has 0 aliphatic heterocycles. The van der Waals surface area contributed by atoms with Crippen LogP contribution in [0.25, 0.3) is 0 Å². The average molecular weight is 335 g/mol. The number of hydrogen-bond acceptors (Lipinski definition) is 4. The topological polar surface area (TPSA) is 71.7 Å². The minimum Gasteiger partial charge on any atom is -0.426 e. The molecule has 2 atom stereocenters. The molecule has 2 aromatic carbocycles. The first-order chi connectivity index (χ1) is 12.2. The molecule has 1 aliphatic rings. The quantitative estimate of drug-likeness (QED) is 0.766. The SMILES string of the molecule is O=C(NC1c2ccccc2CC1O)c1ccc(Oc2ccccc2)o1. The fraction of sp³-hybridized carbons (Fsp3) is 0.150. The number of furan rings is 1. The largest absolute Gasteiger partial charge is 0.426 e. The Balaban J connectivity index is 1.47. The summed E-state index contributed by atoms with van der Waals surface area (Å²) in [6, 6.07) is 19.6. The van der Waals surface area contributed by atoms with Gasteiger partial charge >= 0.3 is 0 Å². The van der Waals surface area contributed by atoms with Crippen molar-refractivity contribution >= 4 is 5.91 Å². The van der Waals surface area contributed by atoms with Crippen molar-refractivity contribution in [3.05, 3.63) is 83.6 Å². The van der Waals surface area contributed by atoms with Crippen LogP contribution in [0.5, 0.6) is 11.7 Å². The minimum atomic E-state index is -0.642. The van der Waals surface area contributed by atoms with Crippen LogP contribution < -0.4 is 10.1 Å². The molecule has 2 N–H and O–H groups in total. The molecule has 0 bridgehead atoms. The van der Waals surface area contributed by atoms with Crippen LogP contribution in [0.15, 0.2) is 71.1 Å². The number of para-hydroxylation sites is 1. The van der Waals surface area contributed by atoms with Gasteiger partial charge in [0.2, 0.25) is 0 Å². The van der Waals surface area contributed by atoms with Gasteiger partial charge in [0.05, 0.1) is 12.1 Å². The van der Waals surface area contributed by atoms with Crippen LogP contribution in [0.4, 0.5) is 0 Å². The van der Waals surface area contributed by atoms with Gasteiger partial charge in [-0.1, -0.05) is 42.5 Å². The van der Waals surface area contributed by atoms with Crippen molar-refractivity contribution in [1.82, 2.24) is 5.32 Å². The number of aliphatic hydroxyl groups is 1. The molecule has 25 heavy (non-hydrogen) atoms. The number of aliphatic hydroxyl groups excluding tert-OH is 1. The minimum absolute atomic E-state index is 0.141. The van der Waals surface area contributed by atoms with E-state index >= 15 is 0 Å². The Morgan fingerprint density at radius 1 is 1.04 bits per heavy atom. The normalized spacial score (nSPS) is 18.6. The van der Waals surface area contributed by atoms with Gasteiger partial charge in [0.15, 0.2) is 5.76 Å². The molecule has 2 unspecified atom stereocenters. The fourth-order valence-electron chi connectivity index (χ4n) is 3.06. The molecule has 0 saturated carbocycles. The Morgan fingerprint density at radius 3 is 2.64 bits per heavy atom. The molecule has 1 aromatic heterocycles. The summed E-state index contributed by atoms with van der Waals surface area (Å²) in [7, 11) is 0. The first-order valence-electron chi connectivity index (χ1n) is 8.10. The maximum absolute atomic E-state index is 12.5. The van der Waals surface area contributed by atoms with Gasteiger partial charge in [-0.3, -0.25) is 4.79 Å². The first kappa shape index (κ1) is 15.5. The Kier molecular flexibility index (Phi) is 3.99. The van der Waals surface area contributed by atoms with Crippen molar-refractivity contribution in [1.29, 1.82) is 0 Å². The zero-order valence-electron chi connectivity index (χ0n) is 13.4. The van der Waals surface area contributed by atoms with Crippen molar-refractivity contribution in [3.8, 4) is 11.7 Å². The summed E-state index contributed by atoms with van der Waals surface area (Å²) in [5.41, 5.74) is 1.99. The molecule has 4 rings (SSSR count). The summed E-state index contributed by atoms with van der Waals surface area (Å²) in [6.07, 6.45) is -0.113. The van der Waals surface area contributed by atoms with Crippen molar-refractivity contribution in [2.75, 3.05) is 0 Å². The Morgan fingerprint density at radius 2 is 1.80 bits per heavy atom. The van der Waals surface area contributed by atoms with E-state index in [-0.39, 0.29) is 17.6 Å². The van der Waals surface area contributed by atoms with Gasteiger partial charge in [0.1, 0.15) is 5.75 Å². The zero-order valence-corrected chi connectivity index (χ0v) is 13.4. The zero-order chi connectivity index (χ0) is 17.2. The van der Waals surface area contributed by atoms with E-state index in [1.54, 1.807) is 24.3 Å². The molecule has 0 saturated heterocycles. The van der Waals surface area contributed by atoms with Gasteiger partial charge in [-0.05, 0) is 29.3 Å². The molecule has 3 aromatic rings. The third-order valence-corrected chi connectivity index (χ3v) is 4.26. The van der Waals surface area contributed by atoms with Crippen LogP contribution >= 0.6 is 0 Å². The number of amides is 1. The Bertz CT molecular complexity index is 887. The highest BCUT2D eigenvalue weighted by Crippen LogP contribution is 2.32. The maximum Gasteiger partial charge on any atom is 0.290 e. The third kappa shape index (κ3) is 3.14. The molecule has 5 heteroatoms. The number of nitrogens with one attached hydrogen (secondary N) is 1. The number of fused-ring (bicyclic) bond motifs is 1. The highest BCUT2D eigenvalue weighted by Gasteiger charge is 2.32. The van der Waals surface area contributed by atoms with E-state index in [0.29, 0.717) is 12.2 Å². The van der Waals surface area contributed by atoms with E-state index < -0.39 is 12.1 Å². The van der Waals surface area contributed by atoms with Crippen LogP contribution in [-0.4, -0.2) is 17.1 Å². The molecule has 1 aliphatic carbocycles. The summed E-state index contributed by atoms with van der Waals surface area (Å²) in [5, 5.41) is 13.1. The second-order valence-corrected chi connectivity index (χ2v) is 5.96. The number of ether oxygens (including phenoxy) is 1. The predicted octanol–water partition coefficient (Wildman–Crippen LogP) is 3.46. The maximum atomic E-state index is 12.5. The lowest BCUT2D eigenvalue weighted by atomic mass is 10.1. The van der Waals surface area contributed by atoms with E-state index in [2.05, 4.69) is 5.32 Å². The molecule has 0 radical (unpaired) electrons. The number of rotatable bonds is 4. The van der Waals surface area contributed by atoms with E-state index in [4.69, 9.17) is 9.15 Å². The van der Waals surface area contributed by atoms with Crippen molar-refractivity contribution in [3.63, 3.8) is 0 Å². The number of benzene rings is 2. The van der Waals surface area contributed by atoms with Crippen molar-refractivity contribution in [2.24, 2.45) is 0 Å². The van der Waals surface area contributed by atoms with Gasteiger partial charge in [-0.2, -0.15) is 0 Å². The molecule has 0 spiro atoms. The third-order valence-electron chi connectivity index (χ3n) is 4.26. The van der Waals surface area contributed by atoms with E-state index in [1.807, 2.05) is 42.5 Å². The van der Waals surface area contributed by atoms with Gasteiger partial charge in [-0.15, -0.1) is 0 Å². The van der Waals surface area contributed by atoms with E-state index in [9.17, 15) is 9.90 Å². The van der Waals surface area contributed by atoms with Crippen LogP contribution in [-0.2, 0) is 6.42 Å². The summed E-state index contributed by atoms with van der Waals surface area (Å²) in [4.78, 5) is 12.5. The number of carbonyl (C=O) groups excluding carboxylic acids is 1. The van der Waals surface area contributed by atoms with Crippen LogP contribution in [0.1, 0.15) is 27.7 Å². The van der Waals surface area contributed by atoms with Crippen molar-refractivity contribution in [2.45, 2.75) is 18.6 Å². The second kappa shape index (κ2) is 6.45. The monoisotopic (exact) mass is 335 g/mol. The summed E-state index contributed by atoms with van der Waals surface area (Å²) in [5.74, 6) is 0.624.